The highest BCUT2D eigenvalue weighted by molar-refractivity contribution is 5.99. The fourth-order valence-corrected chi connectivity index (χ4v) is 10.0. The first-order chi connectivity index (χ1) is 37.4. The molecule has 0 fully saturated rings. The summed E-state index contributed by atoms with van der Waals surface area (Å²) < 4.78 is 0. The Bertz CT molecular complexity index is 3170. The van der Waals surface area contributed by atoms with Crippen molar-refractivity contribution < 1.29 is 0 Å². The summed E-state index contributed by atoms with van der Waals surface area (Å²) in [6.07, 6.45) is 13.8. The molecule has 8 heteroatoms. The van der Waals surface area contributed by atoms with Gasteiger partial charge in [0.25, 0.3) is 0 Å². The molecule has 8 heterocycles. The molecule has 8 nitrogen and oxygen atoms in total. The lowest BCUT2D eigenvalue weighted by Gasteiger charge is -2.01. The Morgan fingerprint density at radius 3 is 0.831 bits per heavy atom. The number of para-hydroxylation sites is 4. The zero-order chi connectivity index (χ0) is 54.8. The SMILES string of the molecule is CC.CC1=Nc2ccccc2C1.CC1=Nc2ccccc2C1.CCC.CCC1=Nc2cc3c(cc2C1)CC(C)=N3.CCC1=Nc2cc3c(cc2C1)N=C(C)C3.CCC1=Nc2ccccc2C1.CCC1=Nc2ccccc2C1. The Kier molecular flexibility index (Phi) is 21.0. The Hall–Kier alpha value is -7.32. The van der Waals surface area contributed by atoms with E-state index in [-0.39, 0.29) is 0 Å². The topological polar surface area (TPSA) is 98.9 Å². The second-order valence-electron chi connectivity index (χ2n) is 20.4. The molecule has 6 aromatic rings. The quantitative estimate of drug-likeness (QED) is 0.168. The van der Waals surface area contributed by atoms with Gasteiger partial charge in [0, 0.05) is 97.1 Å². The maximum atomic E-state index is 4.64. The molecule has 398 valence electrons. The van der Waals surface area contributed by atoms with Crippen LogP contribution in [0.15, 0.2) is 161 Å². The fraction of sp³-hybridized carbons (Fsp3) is 0.362. The Balaban J connectivity index is 0.000000133. The number of benzene rings is 6. The average Bonchev–Trinajstić information content (AvgIpc) is 4.33. The van der Waals surface area contributed by atoms with Crippen molar-refractivity contribution in [3.63, 3.8) is 0 Å². The molecule has 0 unspecified atom stereocenters. The molecule has 0 spiro atoms. The van der Waals surface area contributed by atoms with Crippen LogP contribution in [0.25, 0.3) is 0 Å². The first kappa shape index (κ1) is 57.4. The summed E-state index contributed by atoms with van der Waals surface area (Å²) in [6.45, 7) is 25.2. The lowest BCUT2D eigenvalue weighted by atomic mass is 10.0. The lowest BCUT2D eigenvalue weighted by molar-refractivity contribution is 1.09. The third-order valence-corrected chi connectivity index (χ3v) is 13.9. The normalized spacial score (nSPS) is 15.0. The molecule has 0 radical (unpaired) electrons. The van der Waals surface area contributed by atoms with Gasteiger partial charge in [-0.2, -0.15) is 0 Å². The molecule has 0 saturated carbocycles. The molecule has 0 amide bonds. The molecule has 0 N–H and O–H groups in total. The Morgan fingerprint density at radius 2 is 0.481 bits per heavy atom. The molecular weight excluding hydrogens is 941 g/mol. The Morgan fingerprint density at radius 1 is 0.260 bits per heavy atom. The van der Waals surface area contributed by atoms with Crippen LogP contribution >= 0.6 is 0 Å². The van der Waals surface area contributed by atoms with Gasteiger partial charge in [-0.3, -0.25) is 39.9 Å². The van der Waals surface area contributed by atoms with E-state index in [1.54, 1.807) is 0 Å². The van der Waals surface area contributed by atoms with E-state index in [9.17, 15) is 0 Å². The molecular formula is C69H82N8. The van der Waals surface area contributed by atoms with Gasteiger partial charge >= 0.3 is 0 Å². The van der Waals surface area contributed by atoms with Crippen molar-refractivity contribution in [1.29, 1.82) is 0 Å². The van der Waals surface area contributed by atoms with Crippen LogP contribution in [0.4, 0.5) is 45.5 Å². The number of fused-ring (bicyclic) bond motifs is 8. The summed E-state index contributed by atoms with van der Waals surface area (Å²) in [7, 11) is 0. The van der Waals surface area contributed by atoms with E-state index in [4.69, 9.17) is 0 Å². The minimum Gasteiger partial charge on any atom is -0.257 e. The van der Waals surface area contributed by atoms with Crippen LogP contribution in [-0.2, 0) is 51.4 Å². The van der Waals surface area contributed by atoms with Gasteiger partial charge in [-0.15, -0.1) is 0 Å². The number of hydrogen-bond donors (Lipinski definition) is 0. The molecule has 77 heavy (non-hydrogen) atoms. The zero-order valence-electron chi connectivity index (χ0n) is 48.3. The second-order valence-corrected chi connectivity index (χ2v) is 20.4. The third kappa shape index (κ3) is 15.4. The van der Waals surface area contributed by atoms with Crippen LogP contribution in [0.2, 0.25) is 0 Å². The molecule has 8 aliphatic heterocycles. The van der Waals surface area contributed by atoms with Gasteiger partial charge in [-0.25, -0.2) is 0 Å². The van der Waals surface area contributed by atoms with Crippen molar-refractivity contribution in [2.75, 3.05) is 0 Å². The summed E-state index contributed by atoms with van der Waals surface area (Å²) in [5.74, 6) is 0. The first-order valence-electron chi connectivity index (χ1n) is 28.5. The van der Waals surface area contributed by atoms with Crippen molar-refractivity contribution in [1.82, 2.24) is 0 Å². The van der Waals surface area contributed by atoms with E-state index in [1.165, 1.54) is 119 Å². The largest absolute Gasteiger partial charge is 0.257 e. The maximum Gasteiger partial charge on any atom is 0.0686 e. The molecule has 6 aromatic carbocycles. The van der Waals surface area contributed by atoms with Crippen molar-refractivity contribution in [2.45, 2.75) is 167 Å². The standard InChI is InChI=1S/2C13H14N2.2C10H11N.2C9H9N.C3H8.C2H6/c1-3-11-5-10-7-12-9(4-8(2)14-12)6-13(10)15-11;1-3-11-6-10-5-9-4-8(2)14-12(9)7-13(10)15-11;2*1-2-9-7-8-5-3-4-6-10(8)11-9;2*1-7-6-8-4-2-3-5-9(8)10-7;1-3-2;1-2/h6-7H,3-5H2,1-2H3;5,7H,3-4,6H2,1-2H3;2*3-6H,2,7H2,1H3;2*2-5H,6H2,1H3;3H2,1-2H3;1-2H3. The number of hydrogen-bond acceptors (Lipinski definition) is 8. The van der Waals surface area contributed by atoms with Gasteiger partial charge in [0.2, 0.25) is 0 Å². The predicted molar refractivity (Wildman–Crippen MR) is 336 cm³/mol. The average molecular weight is 1020 g/mol. The van der Waals surface area contributed by atoms with Crippen LogP contribution in [-0.4, -0.2) is 45.7 Å². The fourth-order valence-electron chi connectivity index (χ4n) is 10.0. The van der Waals surface area contributed by atoms with E-state index in [0.717, 1.165) is 99.8 Å². The summed E-state index contributed by atoms with van der Waals surface area (Å²) >= 11 is 0. The van der Waals surface area contributed by atoms with Crippen LogP contribution in [0.1, 0.15) is 160 Å². The summed E-state index contributed by atoms with van der Waals surface area (Å²) in [4.78, 5) is 36.0. The molecule has 0 aliphatic carbocycles. The number of rotatable bonds is 4. The van der Waals surface area contributed by atoms with Crippen molar-refractivity contribution in [3.05, 3.63) is 166 Å². The smallest absolute Gasteiger partial charge is 0.0686 e. The predicted octanol–water partition coefficient (Wildman–Crippen LogP) is 19.3. The highest BCUT2D eigenvalue weighted by Crippen LogP contribution is 2.39. The molecule has 0 atom stereocenters. The van der Waals surface area contributed by atoms with E-state index < -0.39 is 0 Å². The van der Waals surface area contributed by atoms with Gasteiger partial charge < -0.3 is 0 Å². The molecule has 0 saturated heterocycles. The zero-order valence-corrected chi connectivity index (χ0v) is 48.3. The second kappa shape index (κ2) is 28.2. The van der Waals surface area contributed by atoms with Gasteiger partial charge in [0.05, 0.1) is 45.5 Å². The van der Waals surface area contributed by atoms with Crippen LogP contribution < -0.4 is 0 Å². The third-order valence-electron chi connectivity index (χ3n) is 13.9. The summed E-state index contributed by atoms with van der Waals surface area (Å²) in [5, 5.41) is 0. The van der Waals surface area contributed by atoms with Gasteiger partial charge in [0.1, 0.15) is 0 Å². The van der Waals surface area contributed by atoms with Gasteiger partial charge in [-0.05, 0) is 140 Å². The van der Waals surface area contributed by atoms with Crippen molar-refractivity contribution in [2.24, 2.45) is 39.9 Å². The van der Waals surface area contributed by atoms with E-state index in [1.807, 2.05) is 38.1 Å². The minimum absolute atomic E-state index is 1.000. The highest BCUT2D eigenvalue weighted by atomic mass is 14.8. The van der Waals surface area contributed by atoms with Crippen LogP contribution in [0, 0.1) is 0 Å². The highest BCUT2D eigenvalue weighted by Gasteiger charge is 2.21. The Labute approximate surface area is 461 Å². The van der Waals surface area contributed by atoms with Crippen molar-refractivity contribution in [3.8, 4) is 0 Å². The molecule has 14 rings (SSSR count). The van der Waals surface area contributed by atoms with E-state index in [2.05, 4.69) is 206 Å². The number of nitrogens with zero attached hydrogens (tertiary/aromatic N) is 8. The van der Waals surface area contributed by atoms with E-state index in [0.29, 0.717) is 0 Å². The van der Waals surface area contributed by atoms with Crippen molar-refractivity contribution >= 4 is 91.2 Å². The summed E-state index contributed by atoms with van der Waals surface area (Å²) in [5.41, 5.74) is 30.3. The molecule has 0 aromatic heterocycles. The summed E-state index contributed by atoms with van der Waals surface area (Å²) in [6, 6.07) is 42.1. The van der Waals surface area contributed by atoms with E-state index >= 15 is 0 Å². The first-order valence-corrected chi connectivity index (χ1v) is 28.5. The molecule has 0 bridgehead atoms. The van der Waals surface area contributed by atoms with Crippen LogP contribution in [0.3, 0.4) is 0 Å². The van der Waals surface area contributed by atoms with Gasteiger partial charge in [-0.1, -0.05) is 141 Å². The lowest BCUT2D eigenvalue weighted by Crippen LogP contribution is -1.95. The van der Waals surface area contributed by atoms with Gasteiger partial charge in [0.15, 0.2) is 0 Å². The minimum atomic E-state index is 1.000. The van der Waals surface area contributed by atoms with Crippen LogP contribution in [0.5, 0.6) is 0 Å². The number of aliphatic imine (C=N–C) groups is 8. The monoisotopic (exact) mass is 1020 g/mol. The molecule has 8 aliphatic rings. The maximum absolute atomic E-state index is 4.64.